The van der Waals surface area contributed by atoms with Crippen LogP contribution in [0.4, 0.5) is 5.69 Å². The minimum atomic E-state index is -0.445. The molecule has 33 heavy (non-hydrogen) atoms. The van der Waals surface area contributed by atoms with Gasteiger partial charge in [-0.2, -0.15) is 0 Å². The lowest BCUT2D eigenvalue weighted by Crippen LogP contribution is -2.41. The number of morpholine rings is 1. The first-order chi connectivity index (χ1) is 16.0. The number of amides is 1. The molecule has 0 unspecified atom stereocenters. The molecule has 0 bridgehead atoms. The number of aryl methyl sites for hydroxylation is 1. The zero-order valence-electron chi connectivity index (χ0n) is 18.5. The number of nitro benzene ring substituents is 1. The van der Waals surface area contributed by atoms with Crippen molar-refractivity contribution in [2.75, 3.05) is 39.4 Å². The molecule has 1 aromatic heterocycles. The summed E-state index contributed by atoms with van der Waals surface area (Å²) in [6, 6.07) is 17.8. The van der Waals surface area contributed by atoms with Gasteiger partial charge in [0.25, 0.3) is 11.6 Å². The first-order valence-electron chi connectivity index (χ1n) is 10.9. The molecule has 0 aliphatic carbocycles. The van der Waals surface area contributed by atoms with E-state index in [1.165, 1.54) is 12.1 Å². The van der Waals surface area contributed by atoms with Crippen LogP contribution in [0.15, 0.2) is 60.7 Å². The number of hydrogen-bond acceptors (Lipinski definition) is 6. The maximum Gasteiger partial charge on any atom is 0.270 e. The molecule has 1 aliphatic heterocycles. The van der Waals surface area contributed by atoms with E-state index in [1.54, 1.807) is 12.1 Å². The number of aromatic nitrogens is 1. The molecule has 0 atom stereocenters. The Morgan fingerprint density at radius 3 is 2.55 bits per heavy atom. The number of non-ortho nitro benzene ring substituents is 1. The molecular weight excluding hydrogens is 420 g/mol. The van der Waals surface area contributed by atoms with Gasteiger partial charge in [0, 0.05) is 49.4 Å². The van der Waals surface area contributed by atoms with E-state index in [2.05, 4.69) is 10.2 Å². The van der Waals surface area contributed by atoms with Crippen molar-refractivity contribution in [1.82, 2.24) is 15.2 Å². The molecule has 2 heterocycles. The van der Waals surface area contributed by atoms with Crippen LogP contribution in [0.3, 0.4) is 0 Å². The Hall–Kier alpha value is -3.62. The third-order valence-electron chi connectivity index (χ3n) is 5.66. The molecule has 0 spiro atoms. The average Bonchev–Trinajstić information content (AvgIpc) is 2.84. The lowest BCUT2D eigenvalue weighted by molar-refractivity contribution is -0.384. The van der Waals surface area contributed by atoms with Crippen molar-refractivity contribution in [3.63, 3.8) is 0 Å². The second kappa shape index (κ2) is 10.3. The molecule has 0 saturated carbocycles. The van der Waals surface area contributed by atoms with E-state index >= 15 is 0 Å². The predicted molar refractivity (Wildman–Crippen MR) is 126 cm³/mol. The molecule has 4 rings (SSSR count). The summed E-state index contributed by atoms with van der Waals surface area (Å²) in [5.74, 6) is -0.241. The summed E-state index contributed by atoms with van der Waals surface area (Å²) in [6.07, 6.45) is 0. The predicted octanol–water partition coefficient (Wildman–Crippen LogP) is 3.69. The van der Waals surface area contributed by atoms with Gasteiger partial charge in [-0.3, -0.25) is 19.8 Å². The monoisotopic (exact) mass is 446 g/mol. The number of benzene rings is 2. The summed E-state index contributed by atoms with van der Waals surface area (Å²) in [4.78, 5) is 31.2. The Kier molecular flexibility index (Phi) is 7.07. The van der Waals surface area contributed by atoms with Crippen LogP contribution in [0.2, 0.25) is 0 Å². The van der Waals surface area contributed by atoms with Crippen LogP contribution in [0.1, 0.15) is 15.9 Å². The second-order valence-corrected chi connectivity index (χ2v) is 7.93. The molecule has 1 N–H and O–H groups in total. The van der Waals surface area contributed by atoms with Crippen LogP contribution in [-0.2, 0) is 4.74 Å². The molecule has 1 amide bonds. The summed E-state index contributed by atoms with van der Waals surface area (Å²) in [5, 5.41) is 14.3. The van der Waals surface area contributed by atoms with Gasteiger partial charge in [-0.25, -0.2) is 4.98 Å². The quantitative estimate of drug-likeness (QED) is 0.439. The zero-order chi connectivity index (χ0) is 23.2. The SMILES string of the molecule is Cc1cc(-c2ccccc2)nc(-c2cccc([N+](=O)[O-])c2)c1C(=O)NCCN1CCOCC1. The molecule has 1 aliphatic rings. The van der Waals surface area contributed by atoms with E-state index in [9.17, 15) is 14.9 Å². The van der Waals surface area contributed by atoms with Crippen molar-refractivity contribution in [1.29, 1.82) is 0 Å². The highest BCUT2D eigenvalue weighted by atomic mass is 16.6. The Morgan fingerprint density at radius 2 is 1.82 bits per heavy atom. The highest BCUT2D eigenvalue weighted by Gasteiger charge is 2.21. The van der Waals surface area contributed by atoms with Crippen molar-refractivity contribution in [3.8, 4) is 22.5 Å². The Balaban J connectivity index is 1.68. The highest BCUT2D eigenvalue weighted by Crippen LogP contribution is 2.31. The van der Waals surface area contributed by atoms with E-state index in [-0.39, 0.29) is 11.6 Å². The van der Waals surface area contributed by atoms with E-state index in [1.807, 2.05) is 43.3 Å². The third-order valence-corrected chi connectivity index (χ3v) is 5.66. The van der Waals surface area contributed by atoms with E-state index in [4.69, 9.17) is 9.72 Å². The molecule has 3 aromatic rings. The molecule has 1 fully saturated rings. The smallest absolute Gasteiger partial charge is 0.270 e. The Bertz CT molecular complexity index is 1140. The van der Waals surface area contributed by atoms with Crippen molar-refractivity contribution in [3.05, 3.63) is 81.9 Å². The van der Waals surface area contributed by atoms with Gasteiger partial charge < -0.3 is 10.1 Å². The molecule has 8 heteroatoms. The number of carbonyl (C=O) groups excluding carboxylic acids is 1. The van der Waals surface area contributed by atoms with Gasteiger partial charge in [-0.05, 0) is 18.6 Å². The van der Waals surface area contributed by atoms with Gasteiger partial charge in [0.2, 0.25) is 0 Å². The first kappa shape index (κ1) is 22.6. The molecule has 0 radical (unpaired) electrons. The number of nitrogens with zero attached hydrogens (tertiary/aromatic N) is 3. The number of nitro groups is 1. The zero-order valence-corrected chi connectivity index (χ0v) is 18.5. The Morgan fingerprint density at radius 1 is 1.09 bits per heavy atom. The molecule has 2 aromatic carbocycles. The topological polar surface area (TPSA) is 97.6 Å². The largest absolute Gasteiger partial charge is 0.379 e. The highest BCUT2D eigenvalue weighted by molar-refractivity contribution is 6.02. The minimum absolute atomic E-state index is 0.0456. The van der Waals surface area contributed by atoms with E-state index in [0.29, 0.717) is 42.3 Å². The van der Waals surface area contributed by atoms with E-state index in [0.717, 1.165) is 30.8 Å². The van der Waals surface area contributed by atoms with Crippen molar-refractivity contribution >= 4 is 11.6 Å². The van der Waals surface area contributed by atoms with Gasteiger partial charge in [0.15, 0.2) is 0 Å². The molecule has 8 nitrogen and oxygen atoms in total. The van der Waals surface area contributed by atoms with Gasteiger partial charge >= 0.3 is 0 Å². The lowest BCUT2D eigenvalue weighted by atomic mass is 9.98. The fourth-order valence-corrected chi connectivity index (χ4v) is 3.93. The van der Waals surface area contributed by atoms with Gasteiger partial charge in [-0.1, -0.05) is 42.5 Å². The summed E-state index contributed by atoms with van der Waals surface area (Å²) in [5.41, 5.74) is 3.72. The number of carbonyl (C=O) groups is 1. The fraction of sp³-hybridized carbons (Fsp3) is 0.280. The number of pyridine rings is 1. The van der Waals surface area contributed by atoms with Crippen LogP contribution in [-0.4, -0.2) is 60.1 Å². The maximum absolute atomic E-state index is 13.2. The standard InChI is InChI=1S/C25H26N4O4/c1-18-16-22(19-6-3-2-4-7-19)27-24(20-8-5-9-21(17-20)29(31)32)23(18)25(30)26-10-11-28-12-14-33-15-13-28/h2-9,16-17H,10-15H2,1H3,(H,26,30). The summed E-state index contributed by atoms with van der Waals surface area (Å²) >= 11 is 0. The van der Waals surface area contributed by atoms with Crippen LogP contribution in [0, 0.1) is 17.0 Å². The second-order valence-electron chi connectivity index (χ2n) is 7.93. The molecular formula is C25H26N4O4. The molecule has 170 valence electrons. The van der Waals surface area contributed by atoms with Crippen LogP contribution in [0.5, 0.6) is 0 Å². The van der Waals surface area contributed by atoms with Crippen LogP contribution >= 0.6 is 0 Å². The maximum atomic E-state index is 13.2. The Labute approximate surface area is 192 Å². The van der Waals surface area contributed by atoms with Crippen LogP contribution in [0.25, 0.3) is 22.5 Å². The number of hydrogen-bond donors (Lipinski definition) is 1. The minimum Gasteiger partial charge on any atom is -0.379 e. The van der Waals surface area contributed by atoms with Gasteiger partial charge in [0.1, 0.15) is 0 Å². The third kappa shape index (κ3) is 5.42. The van der Waals surface area contributed by atoms with E-state index < -0.39 is 4.92 Å². The lowest BCUT2D eigenvalue weighted by Gasteiger charge is -2.26. The van der Waals surface area contributed by atoms with Crippen LogP contribution < -0.4 is 5.32 Å². The average molecular weight is 447 g/mol. The van der Waals surface area contributed by atoms with Crippen molar-refractivity contribution < 1.29 is 14.5 Å². The van der Waals surface area contributed by atoms with Crippen molar-refractivity contribution in [2.45, 2.75) is 6.92 Å². The summed E-state index contributed by atoms with van der Waals surface area (Å²) in [7, 11) is 0. The normalized spacial score (nSPS) is 14.1. The fourth-order valence-electron chi connectivity index (χ4n) is 3.93. The van der Waals surface area contributed by atoms with Gasteiger partial charge in [-0.15, -0.1) is 0 Å². The summed E-state index contributed by atoms with van der Waals surface area (Å²) in [6.45, 7) is 6.20. The molecule has 1 saturated heterocycles. The van der Waals surface area contributed by atoms with Gasteiger partial charge in [0.05, 0.1) is 35.1 Å². The first-order valence-corrected chi connectivity index (χ1v) is 10.9. The van der Waals surface area contributed by atoms with Crippen molar-refractivity contribution in [2.24, 2.45) is 0 Å². The number of ether oxygens (including phenoxy) is 1. The number of rotatable bonds is 7. The summed E-state index contributed by atoms with van der Waals surface area (Å²) < 4.78 is 5.37. The number of nitrogens with one attached hydrogen (secondary N) is 1.